The highest BCUT2D eigenvalue weighted by Gasteiger charge is 2.22. The van der Waals surface area contributed by atoms with Gasteiger partial charge in [-0.3, -0.25) is 10.1 Å². The Morgan fingerprint density at radius 1 is 1.58 bits per heavy atom. The number of pyridine rings is 1. The van der Waals surface area contributed by atoms with E-state index in [1.54, 1.807) is 0 Å². The van der Waals surface area contributed by atoms with Crippen molar-refractivity contribution >= 4 is 23.1 Å². The van der Waals surface area contributed by atoms with Crippen molar-refractivity contribution in [1.29, 1.82) is 0 Å². The molecule has 1 aliphatic rings. The predicted octanol–water partition coefficient (Wildman–Crippen LogP) is 2.54. The van der Waals surface area contributed by atoms with E-state index in [4.69, 9.17) is 11.6 Å². The van der Waals surface area contributed by atoms with E-state index in [0.717, 1.165) is 32.5 Å². The van der Waals surface area contributed by atoms with Gasteiger partial charge in [-0.2, -0.15) is 0 Å². The van der Waals surface area contributed by atoms with Crippen LogP contribution in [0, 0.1) is 10.1 Å². The second-order valence-corrected chi connectivity index (χ2v) is 5.07. The van der Waals surface area contributed by atoms with Crippen LogP contribution in [0.5, 0.6) is 0 Å². The van der Waals surface area contributed by atoms with Gasteiger partial charge in [-0.05, 0) is 19.4 Å². The smallest absolute Gasteiger partial charge is 0.312 e. The van der Waals surface area contributed by atoms with Gasteiger partial charge < -0.3 is 10.2 Å². The Kier molecular flexibility index (Phi) is 4.55. The second kappa shape index (κ2) is 6.16. The third-order valence-corrected chi connectivity index (χ3v) is 3.61. The van der Waals surface area contributed by atoms with Crippen molar-refractivity contribution in [1.82, 2.24) is 9.88 Å². The van der Waals surface area contributed by atoms with E-state index in [9.17, 15) is 10.1 Å². The van der Waals surface area contributed by atoms with E-state index in [-0.39, 0.29) is 16.8 Å². The highest BCUT2D eigenvalue weighted by Crippen LogP contribution is 2.27. The van der Waals surface area contributed by atoms with E-state index >= 15 is 0 Å². The third kappa shape index (κ3) is 3.54. The van der Waals surface area contributed by atoms with Gasteiger partial charge in [-0.25, -0.2) is 4.98 Å². The zero-order valence-corrected chi connectivity index (χ0v) is 11.6. The highest BCUT2D eigenvalue weighted by molar-refractivity contribution is 6.30. The van der Waals surface area contributed by atoms with Crippen LogP contribution in [-0.4, -0.2) is 40.5 Å². The number of likely N-dealkylation sites (tertiary alicyclic amines) is 1. The molecule has 1 aromatic heterocycles. The molecule has 2 heterocycles. The first-order valence-corrected chi connectivity index (χ1v) is 6.76. The Hall–Kier alpha value is -1.40. The molecule has 0 amide bonds. The zero-order valence-electron chi connectivity index (χ0n) is 10.8. The number of anilines is 1. The van der Waals surface area contributed by atoms with Crippen molar-refractivity contribution in [3.63, 3.8) is 0 Å². The highest BCUT2D eigenvalue weighted by atomic mass is 35.5. The third-order valence-electron chi connectivity index (χ3n) is 3.41. The van der Waals surface area contributed by atoms with Gasteiger partial charge in [0.25, 0.3) is 0 Å². The second-order valence-electron chi connectivity index (χ2n) is 4.63. The topological polar surface area (TPSA) is 71.3 Å². The van der Waals surface area contributed by atoms with Crippen LogP contribution in [0.1, 0.15) is 19.8 Å². The molecule has 0 atom stereocenters. The molecule has 1 fully saturated rings. The molecule has 0 bridgehead atoms. The number of aromatic nitrogens is 1. The summed E-state index contributed by atoms with van der Waals surface area (Å²) < 4.78 is 0. The number of rotatable bonds is 4. The monoisotopic (exact) mass is 284 g/mol. The Balaban J connectivity index is 2.05. The van der Waals surface area contributed by atoms with Crippen molar-refractivity contribution in [2.45, 2.75) is 25.8 Å². The molecule has 1 N–H and O–H groups in total. The predicted molar refractivity (Wildman–Crippen MR) is 74.7 cm³/mol. The number of nitrogens with one attached hydrogen (secondary N) is 1. The Morgan fingerprint density at radius 2 is 2.26 bits per heavy atom. The van der Waals surface area contributed by atoms with Gasteiger partial charge in [0.05, 0.1) is 9.95 Å². The van der Waals surface area contributed by atoms with Crippen LogP contribution in [0.15, 0.2) is 12.3 Å². The van der Waals surface area contributed by atoms with Crippen molar-refractivity contribution in [3.8, 4) is 0 Å². The summed E-state index contributed by atoms with van der Waals surface area (Å²) in [6.07, 6.45) is 3.36. The summed E-state index contributed by atoms with van der Waals surface area (Å²) >= 11 is 5.74. The quantitative estimate of drug-likeness (QED) is 0.679. The molecular formula is C12H17ClN4O2. The maximum Gasteiger partial charge on any atom is 0.312 e. The summed E-state index contributed by atoms with van der Waals surface area (Å²) in [5, 5.41) is 14.4. The van der Waals surface area contributed by atoms with Crippen LogP contribution in [0.3, 0.4) is 0 Å². The summed E-state index contributed by atoms with van der Waals surface area (Å²) in [4.78, 5) is 16.9. The van der Waals surface area contributed by atoms with Crippen LogP contribution in [0.2, 0.25) is 5.02 Å². The Labute approximate surface area is 116 Å². The van der Waals surface area contributed by atoms with Gasteiger partial charge in [0.2, 0.25) is 5.82 Å². The summed E-state index contributed by atoms with van der Waals surface area (Å²) in [7, 11) is 0. The average Bonchev–Trinajstić information content (AvgIpc) is 2.41. The fraction of sp³-hybridized carbons (Fsp3) is 0.583. The number of hydrogen-bond donors (Lipinski definition) is 1. The molecule has 1 saturated heterocycles. The lowest BCUT2D eigenvalue weighted by atomic mass is 10.1. The lowest BCUT2D eigenvalue weighted by Crippen LogP contribution is -2.39. The molecule has 1 aromatic rings. The summed E-state index contributed by atoms with van der Waals surface area (Å²) in [6.45, 7) is 5.20. The molecule has 0 unspecified atom stereocenters. The first-order chi connectivity index (χ1) is 9.10. The molecule has 6 nitrogen and oxygen atoms in total. The van der Waals surface area contributed by atoms with E-state index in [1.807, 2.05) is 0 Å². The van der Waals surface area contributed by atoms with Gasteiger partial charge in [0, 0.05) is 31.4 Å². The normalized spacial score (nSPS) is 17.4. The molecule has 19 heavy (non-hydrogen) atoms. The SMILES string of the molecule is CCN1CCC(Nc2ncc(Cl)cc2[N+](=O)[O-])CC1. The van der Waals surface area contributed by atoms with E-state index < -0.39 is 4.92 Å². The average molecular weight is 285 g/mol. The maximum atomic E-state index is 11.0. The zero-order chi connectivity index (χ0) is 13.8. The number of halogens is 1. The first-order valence-electron chi connectivity index (χ1n) is 6.39. The van der Waals surface area contributed by atoms with E-state index in [1.165, 1.54) is 12.3 Å². The van der Waals surface area contributed by atoms with E-state index in [2.05, 4.69) is 22.1 Å². The molecule has 0 saturated carbocycles. The van der Waals surface area contributed by atoms with Gasteiger partial charge in [-0.1, -0.05) is 18.5 Å². The minimum absolute atomic E-state index is 0.0644. The fourth-order valence-electron chi connectivity index (χ4n) is 2.27. The van der Waals surface area contributed by atoms with Gasteiger partial charge in [-0.15, -0.1) is 0 Å². The fourth-order valence-corrected chi connectivity index (χ4v) is 2.42. The Bertz CT molecular complexity index is 461. The molecular weight excluding hydrogens is 268 g/mol. The molecule has 0 spiro atoms. The molecule has 0 aliphatic carbocycles. The molecule has 7 heteroatoms. The maximum absolute atomic E-state index is 11.0. The van der Waals surface area contributed by atoms with Crippen molar-refractivity contribution in [2.24, 2.45) is 0 Å². The minimum Gasteiger partial charge on any atom is -0.362 e. The molecule has 1 aliphatic heterocycles. The standard InChI is InChI=1S/C12H17ClN4O2/c1-2-16-5-3-10(4-6-16)15-12-11(17(18)19)7-9(13)8-14-12/h7-8,10H,2-6H2,1H3,(H,14,15). The van der Waals surface area contributed by atoms with Gasteiger partial charge >= 0.3 is 5.69 Å². The van der Waals surface area contributed by atoms with Crippen LogP contribution in [-0.2, 0) is 0 Å². The van der Waals surface area contributed by atoms with Crippen LogP contribution < -0.4 is 5.32 Å². The number of nitro groups is 1. The first kappa shape index (κ1) is 14.0. The molecule has 104 valence electrons. The van der Waals surface area contributed by atoms with Crippen LogP contribution in [0.4, 0.5) is 11.5 Å². The Morgan fingerprint density at radius 3 is 2.84 bits per heavy atom. The van der Waals surface area contributed by atoms with E-state index in [0.29, 0.717) is 5.82 Å². The summed E-state index contributed by atoms with van der Waals surface area (Å²) in [5.41, 5.74) is -0.0644. The lowest BCUT2D eigenvalue weighted by molar-refractivity contribution is -0.384. The molecule has 2 rings (SSSR count). The van der Waals surface area contributed by atoms with Crippen molar-refractivity contribution in [3.05, 3.63) is 27.4 Å². The number of hydrogen-bond acceptors (Lipinski definition) is 5. The largest absolute Gasteiger partial charge is 0.362 e. The van der Waals surface area contributed by atoms with Gasteiger partial charge in [0.1, 0.15) is 0 Å². The van der Waals surface area contributed by atoms with Crippen LogP contribution >= 0.6 is 11.6 Å². The van der Waals surface area contributed by atoms with Crippen molar-refractivity contribution < 1.29 is 4.92 Å². The summed E-state index contributed by atoms with van der Waals surface area (Å²) in [6, 6.07) is 1.56. The number of nitrogens with zero attached hydrogens (tertiary/aromatic N) is 3. The lowest BCUT2D eigenvalue weighted by Gasteiger charge is -2.31. The van der Waals surface area contributed by atoms with Crippen LogP contribution in [0.25, 0.3) is 0 Å². The summed E-state index contributed by atoms with van der Waals surface area (Å²) in [5.74, 6) is 0.310. The molecule has 0 aromatic carbocycles. The minimum atomic E-state index is -0.456. The number of piperidine rings is 1. The van der Waals surface area contributed by atoms with Gasteiger partial charge in [0.15, 0.2) is 0 Å². The van der Waals surface area contributed by atoms with Crippen molar-refractivity contribution in [2.75, 3.05) is 25.0 Å². The molecule has 0 radical (unpaired) electrons.